The van der Waals surface area contributed by atoms with E-state index < -0.39 is 11.7 Å². The van der Waals surface area contributed by atoms with Crippen molar-refractivity contribution in [3.05, 3.63) is 34.6 Å². The molecule has 0 unspecified atom stereocenters. The highest BCUT2D eigenvalue weighted by Crippen LogP contribution is 2.21. The molecule has 0 saturated carbocycles. The average molecular weight is 356 g/mol. The van der Waals surface area contributed by atoms with Gasteiger partial charge in [0.2, 0.25) is 0 Å². The van der Waals surface area contributed by atoms with E-state index in [1.807, 2.05) is 20.8 Å². The molecule has 0 spiro atoms. The Morgan fingerprint density at radius 2 is 1.75 bits per heavy atom. The number of rotatable bonds is 2. The summed E-state index contributed by atoms with van der Waals surface area (Å²) in [4.78, 5) is 27.8. The van der Waals surface area contributed by atoms with Gasteiger partial charge >= 0.3 is 6.03 Å². The number of amides is 3. The van der Waals surface area contributed by atoms with Gasteiger partial charge in [-0.15, -0.1) is 0 Å². The zero-order chi connectivity index (χ0) is 17.9. The first-order valence-electron chi connectivity index (χ1n) is 7.95. The maximum atomic E-state index is 13.9. The highest BCUT2D eigenvalue weighted by molar-refractivity contribution is 6.33. The first kappa shape index (κ1) is 18.5. The van der Waals surface area contributed by atoms with Crippen LogP contribution in [0.2, 0.25) is 5.02 Å². The van der Waals surface area contributed by atoms with Gasteiger partial charge in [0.25, 0.3) is 5.91 Å². The van der Waals surface area contributed by atoms with E-state index in [1.165, 1.54) is 23.1 Å². The van der Waals surface area contributed by atoms with E-state index in [1.54, 1.807) is 4.90 Å². The van der Waals surface area contributed by atoms with Crippen molar-refractivity contribution < 1.29 is 14.0 Å². The minimum Gasteiger partial charge on any atom is -0.337 e. The van der Waals surface area contributed by atoms with Crippen LogP contribution in [0.25, 0.3) is 0 Å². The second-order valence-corrected chi connectivity index (χ2v) is 7.50. The number of carbonyl (C=O) groups excluding carboxylic acids is 2. The van der Waals surface area contributed by atoms with Crippen LogP contribution in [-0.4, -0.2) is 54.5 Å². The third-order valence-electron chi connectivity index (χ3n) is 3.80. The van der Waals surface area contributed by atoms with Gasteiger partial charge in [0, 0.05) is 32.7 Å². The van der Waals surface area contributed by atoms with Crippen LogP contribution in [0.5, 0.6) is 0 Å². The molecular weight excluding hydrogens is 333 g/mol. The first-order chi connectivity index (χ1) is 11.2. The van der Waals surface area contributed by atoms with E-state index in [4.69, 9.17) is 11.6 Å². The number of hydrogen-bond acceptors (Lipinski definition) is 2. The monoisotopic (exact) mass is 355 g/mol. The van der Waals surface area contributed by atoms with E-state index in [-0.39, 0.29) is 22.0 Å². The van der Waals surface area contributed by atoms with Gasteiger partial charge < -0.3 is 15.1 Å². The molecule has 1 aromatic rings. The second-order valence-electron chi connectivity index (χ2n) is 7.10. The number of nitrogens with one attached hydrogen (secondary N) is 1. The summed E-state index contributed by atoms with van der Waals surface area (Å²) in [5, 5.41) is 2.99. The van der Waals surface area contributed by atoms with Crippen molar-refractivity contribution in [1.29, 1.82) is 0 Å². The first-order valence-corrected chi connectivity index (χ1v) is 8.33. The quantitative estimate of drug-likeness (QED) is 0.886. The topological polar surface area (TPSA) is 52.7 Å². The Kier molecular flexibility index (Phi) is 5.70. The van der Waals surface area contributed by atoms with E-state index >= 15 is 0 Å². The SMILES string of the molecule is CC(C)(C)CNC(=O)N1CCN(C(=O)c2c(F)cccc2Cl)CC1. The molecule has 5 nitrogen and oxygen atoms in total. The number of urea groups is 1. The molecule has 1 saturated heterocycles. The Morgan fingerprint density at radius 1 is 1.17 bits per heavy atom. The number of halogens is 2. The molecule has 1 aliphatic rings. The van der Waals surface area contributed by atoms with Crippen LogP contribution in [0.1, 0.15) is 31.1 Å². The van der Waals surface area contributed by atoms with Crippen LogP contribution in [0.15, 0.2) is 18.2 Å². The van der Waals surface area contributed by atoms with Crippen molar-refractivity contribution in [3.8, 4) is 0 Å². The summed E-state index contributed by atoms with van der Waals surface area (Å²) < 4.78 is 13.9. The van der Waals surface area contributed by atoms with Crippen molar-refractivity contribution in [2.24, 2.45) is 5.41 Å². The zero-order valence-electron chi connectivity index (χ0n) is 14.2. The lowest BCUT2D eigenvalue weighted by molar-refractivity contribution is 0.0659. The predicted molar refractivity (Wildman–Crippen MR) is 91.7 cm³/mol. The molecule has 1 aromatic carbocycles. The predicted octanol–water partition coefficient (Wildman–Crippen LogP) is 2.99. The summed E-state index contributed by atoms with van der Waals surface area (Å²) in [7, 11) is 0. The van der Waals surface area contributed by atoms with Crippen molar-refractivity contribution in [1.82, 2.24) is 15.1 Å². The molecule has 7 heteroatoms. The van der Waals surface area contributed by atoms with Crippen LogP contribution >= 0.6 is 11.6 Å². The Bertz CT molecular complexity index is 603. The summed E-state index contributed by atoms with van der Waals surface area (Å²) in [5.74, 6) is -1.06. The third kappa shape index (κ3) is 4.60. The fourth-order valence-corrected chi connectivity index (χ4v) is 2.67. The minimum absolute atomic E-state index is 0.00896. The number of nitrogens with zero attached hydrogens (tertiary/aromatic N) is 2. The summed E-state index contributed by atoms with van der Waals surface area (Å²) in [5.41, 5.74) is -0.0977. The van der Waals surface area contributed by atoms with E-state index in [9.17, 15) is 14.0 Å². The fraction of sp³-hybridized carbons (Fsp3) is 0.529. The maximum absolute atomic E-state index is 13.9. The van der Waals surface area contributed by atoms with Crippen molar-refractivity contribution in [2.75, 3.05) is 32.7 Å². The van der Waals surface area contributed by atoms with E-state index in [0.29, 0.717) is 32.7 Å². The molecule has 1 aliphatic heterocycles. The Hall–Kier alpha value is -1.82. The summed E-state index contributed by atoms with van der Waals surface area (Å²) in [6.45, 7) is 8.24. The van der Waals surface area contributed by atoms with Crippen LogP contribution < -0.4 is 5.32 Å². The number of piperazine rings is 1. The van der Waals surface area contributed by atoms with Gasteiger partial charge in [-0.25, -0.2) is 9.18 Å². The normalized spacial score (nSPS) is 15.4. The molecule has 132 valence electrons. The van der Waals surface area contributed by atoms with Crippen LogP contribution in [0.4, 0.5) is 9.18 Å². The highest BCUT2D eigenvalue weighted by Gasteiger charge is 2.27. The van der Waals surface area contributed by atoms with Crippen molar-refractivity contribution >= 4 is 23.5 Å². The molecule has 0 atom stereocenters. The molecule has 0 bridgehead atoms. The van der Waals surface area contributed by atoms with E-state index in [2.05, 4.69) is 5.32 Å². The standard InChI is InChI=1S/C17H23ClFN3O2/c1-17(2,3)11-20-16(24)22-9-7-21(8-10-22)15(23)14-12(18)5-4-6-13(14)19/h4-6H,7-11H2,1-3H3,(H,20,24). The zero-order valence-corrected chi connectivity index (χ0v) is 15.0. The number of hydrogen-bond donors (Lipinski definition) is 1. The maximum Gasteiger partial charge on any atom is 0.317 e. The highest BCUT2D eigenvalue weighted by atomic mass is 35.5. The second kappa shape index (κ2) is 7.38. The van der Waals surface area contributed by atoms with Gasteiger partial charge in [-0.2, -0.15) is 0 Å². The lowest BCUT2D eigenvalue weighted by atomic mass is 9.97. The van der Waals surface area contributed by atoms with Crippen LogP contribution in [-0.2, 0) is 0 Å². The van der Waals surface area contributed by atoms with Crippen molar-refractivity contribution in [2.45, 2.75) is 20.8 Å². The summed E-state index contributed by atoms with van der Waals surface area (Å²) in [6, 6.07) is 4.04. The molecule has 0 aliphatic carbocycles. The number of carbonyl (C=O) groups is 2. The molecule has 3 amide bonds. The molecule has 0 radical (unpaired) electrons. The van der Waals surface area contributed by atoms with Gasteiger partial charge in [0.05, 0.1) is 10.6 Å². The summed E-state index contributed by atoms with van der Waals surface area (Å²) in [6.07, 6.45) is 0. The third-order valence-corrected chi connectivity index (χ3v) is 4.12. The van der Waals surface area contributed by atoms with Gasteiger partial charge in [0.15, 0.2) is 0 Å². The largest absolute Gasteiger partial charge is 0.337 e. The minimum atomic E-state index is -0.627. The molecule has 1 N–H and O–H groups in total. The van der Waals surface area contributed by atoms with Gasteiger partial charge in [0.1, 0.15) is 5.82 Å². The lowest BCUT2D eigenvalue weighted by Gasteiger charge is -2.35. The van der Waals surface area contributed by atoms with Crippen LogP contribution in [0.3, 0.4) is 0 Å². The van der Waals surface area contributed by atoms with Crippen LogP contribution in [0, 0.1) is 11.2 Å². The van der Waals surface area contributed by atoms with Gasteiger partial charge in [-0.1, -0.05) is 38.4 Å². The Balaban J connectivity index is 1.93. The molecule has 2 rings (SSSR count). The fourth-order valence-electron chi connectivity index (χ4n) is 2.43. The number of benzene rings is 1. The molecule has 24 heavy (non-hydrogen) atoms. The molecular formula is C17H23ClFN3O2. The molecule has 0 aromatic heterocycles. The van der Waals surface area contributed by atoms with Gasteiger partial charge in [-0.05, 0) is 17.5 Å². The van der Waals surface area contributed by atoms with Gasteiger partial charge in [-0.3, -0.25) is 4.79 Å². The average Bonchev–Trinajstić information content (AvgIpc) is 2.51. The molecule has 1 fully saturated rings. The Labute approximate surface area is 146 Å². The lowest BCUT2D eigenvalue weighted by Crippen LogP contribution is -2.54. The molecule has 1 heterocycles. The smallest absolute Gasteiger partial charge is 0.317 e. The summed E-state index contributed by atoms with van der Waals surface area (Å²) >= 11 is 5.94. The van der Waals surface area contributed by atoms with E-state index in [0.717, 1.165) is 0 Å². The van der Waals surface area contributed by atoms with Crippen molar-refractivity contribution in [3.63, 3.8) is 0 Å². The Morgan fingerprint density at radius 3 is 2.29 bits per heavy atom.